The van der Waals surface area contributed by atoms with Gasteiger partial charge in [-0.05, 0) is 13.0 Å². The molecule has 112 valence electrons. The first-order valence-electron chi connectivity index (χ1n) is 7.45. The number of nitrogens with one attached hydrogen (secondary N) is 2. The van der Waals surface area contributed by atoms with E-state index in [9.17, 15) is 4.79 Å². The Morgan fingerprint density at radius 1 is 1.33 bits per heavy atom. The molecule has 21 heavy (non-hydrogen) atoms. The number of fused-ring (bicyclic) bond motifs is 1. The molecule has 0 bridgehead atoms. The minimum Gasteiger partial charge on any atom is -0.451 e. The van der Waals surface area contributed by atoms with Gasteiger partial charge in [0.15, 0.2) is 5.76 Å². The molecular weight excluding hydrogens is 266 g/mol. The van der Waals surface area contributed by atoms with E-state index in [-0.39, 0.29) is 5.91 Å². The zero-order valence-corrected chi connectivity index (χ0v) is 12.3. The molecule has 2 aromatic rings. The summed E-state index contributed by atoms with van der Waals surface area (Å²) in [5.41, 5.74) is 1.67. The van der Waals surface area contributed by atoms with Crippen LogP contribution in [0.25, 0.3) is 11.0 Å². The Hall–Kier alpha value is -1.85. The van der Waals surface area contributed by atoms with Crippen molar-refractivity contribution >= 4 is 16.9 Å². The van der Waals surface area contributed by atoms with Crippen molar-refractivity contribution in [2.75, 3.05) is 39.3 Å². The van der Waals surface area contributed by atoms with Crippen LogP contribution in [0.4, 0.5) is 0 Å². The summed E-state index contributed by atoms with van der Waals surface area (Å²) in [6, 6.07) is 7.74. The van der Waals surface area contributed by atoms with Crippen LogP contribution in [0.1, 0.15) is 16.1 Å². The first kappa shape index (κ1) is 14.1. The predicted molar refractivity (Wildman–Crippen MR) is 82.6 cm³/mol. The van der Waals surface area contributed by atoms with Gasteiger partial charge in [-0.2, -0.15) is 0 Å². The third-order valence-electron chi connectivity index (χ3n) is 3.97. The average molecular weight is 287 g/mol. The van der Waals surface area contributed by atoms with Gasteiger partial charge >= 0.3 is 0 Å². The molecule has 2 heterocycles. The summed E-state index contributed by atoms with van der Waals surface area (Å²) in [5, 5.41) is 7.28. The molecule has 0 atom stereocenters. The molecule has 1 aromatic heterocycles. The van der Waals surface area contributed by atoms with E-state index in [1.54, 1.807) is 0 Å². The third-order valence-corrected chi connectivity index (χ3v) is 3.97. The molecule has 1 amide bonds. The molecule has 0 spiro atoms. The third kappa shape index (κ3) is 3.09. The molecule has 1 aliphatic heterocycles. The van der Waals surface area contributed by atoms with Crippen LogP contribution in [-0.4, -0.2) is 50.1 Å². The maximum absolute atomic E-state index is 12.2. The average Bonchev–Trinajstić information content (AvgIpc) is 2.86. The quantitative estimate of drug-likeness (QED) is 0.892. The van der Waals surface area contributed by atoms with E-state index in [2.05, 4.69) is 15.5 Å². The summed E-state index contributed by atoms with van der Waals surface area (Å²) in [4.78, 5) is 14.6. The molecule has 5 heteroatoms. The van der Waals surface area contributed by atoms with Gasteiger partial charge in [0.25, 0.3) is 5.91 Å². The smallest absolute Gasteiger partial charge is 0.287 e. The first-order valence-corrected chi connectivity index (χ1v) is 7.45. The SMILES string of the molecule is Cc1c(C(=O)NCCN2CCNCC2)oc2ccccc12. The number of benzene rings is 1. The minimum absolute atomic E-state index is 0.126. The molecule has 0 saturated carbocycles. The Morgan fingerprint density at radius 2 is 2.10 bits per heavy atom. The Bertz CT molecular complexity index is 629. The second kappa shape index (κ2) is 6.28. The number of rotatable bonds is 4. The minimum atomic E-state index is -0.126. The fraction of sp³-hybridized carbons (Fsp3) is 0.438. The van der Waals surface area contributed by atoms with Crippen molar-refractivity contribution in [3.05, 3.63) is 35.6 Å². The molecule has 0 radical (unpaired) electrons. The highest BCUT2D eigenvalue weighted by Crippen LogP contribution is 2.24. The number of carbonyl (C=O) groups excluding carboxylic acids is 1. The van der Waals surface area contributed by atoms with E-state index >= 15 is 0 Å². The maximum Gasteiger partial charge on any atom is 0.287 e. The maximum atomic E-state index is 12.2. The Kier molecular flexibility index (Phi) is 4.22. The lowest BCUT2D eigenvalue weighted by molar-refractivity contribution is 0.0921. The Labute approximate surface area is 124 Å². The lowest BCUT2D eigenvalue weighted by atomic mass is 10.1. The largest absolute Gasteiger partial charge is 0.451 e. The molecule has 3 rings (SSSR count). The monoisotopic (exact) mass is 287 g/mol. The molecular formula is C16H21N3O2. The number of furan rings is 1. The zero-order chi connectivity index (χ0) is 14.7. The molecule has 1 fully saturated rings. The number of hydrogen-bond donors (Lipinski definition) is 2. The van der Waals surface area contributed by atoms with Crippen LogP contribution < -0.4 is 10.6 Å². The van der Waals surface area contributed by atoms with Gasteiger partial charge in [0.2, 0.25) is 0 Å². The number of hydrogen-bond acceptors (Lipinski definition) is 4. The van der Waals surface area contributed by atoms with Gasteiger partial charge in [-0.3, -0.25) is 9.69 Å². The van der Waals surface area contributed by atoms with Gasteiger partial charge in [0.1, 0.15) is 5.58 Å². The zero-order valence-electron chi connectivity index (χ0n) is 12.3. The van der Waals surface area contributed by atoms with Crippen molar-refractivity contribution in [1.29, 1.82) is 0 Å². The molecule has 1 aliphatic rings. The van der Waals surface area contributed by atoms with Crippen LogP contribution >= 0.6 is 0 Å². The number of para-hydroxylation sites is 1. The normalized spacial score (nSPS) is 16.2. The predicted octanol–water partition coefficient (Wildman–Crippen LogP) is 1.38. The topological polar surface area (TPSA) is 57.5 Å². The van der Waals surface area contributed by atoms with E-state index < -0.39 is 0 Å². The lowest BCUT2D eigenvalue weighted by Gasteiger charge is -2.26. The van der Waals surface area contributed by atoms with Crippen molar-refractivity contribution in [1.82, 2.24) is 15.5 Å². The van der Waals surface area contributed by atoms with E-state index in [0.29, 0.717) is 12.3 Å². The van der Waals surface area contributed by atoms with E-state index in [4.69, 9.17) is 4.42 Å². The summed E-state index contributed by atoms with van der Waals surface area (Å²) in [6.07, 6.45) is 0. The van der Waals surface area contributed by atoms with Crippen LogP contribution in [-0.2, 0) is 0 Å². The van der Waals surface area contributed by atoms with Crippen molar-refractivity contribution in [3.63, 3.8) is 0 Å². The number of aryl methyl sites for hydroxylation is 1. The highest BCUT2D eigenvalue weighted by Gasteiger charge is 2.17. The van der Waals surface area contributed by atoms with Crippen molar-refractivity contribution in [2.45, 2.75) is 6.92 Å². The highest BCUT2D eigenvalue weighted by molar-refractivity contribution is 5.98. The molecule has 0 unspecified atom stereocenters. The molecule has 5 nitrogen and oxygen atoms in total. The summed E-state index contributed by atoms with van der Waals surface area (Å²) in [5.74, 6) is 0.301. The first-order chi connectivity index (χ1) is 10.3. The molecule has 1 saturated heterocycles. The lowest BCUT2D eigenvalue weighted by Crippen LogP contribution is -2.46. The second-order valence-electron chi connectivity index (χ2n) is 5.40. The Balaban J connectivity index is 1.60. The van der Waals surface area contributed by atoms with E-state index in [1.807, 2.05) is 31.2 Å². The van der Waals surface area contributed by atoms with Gasteiger partial charge in [-0.1, -0.05) is 18.2 Å². The van der Waals surface area contributed by atoms with Gasteiger partial charge in [-0.25, -0.2) is 0 Å². The van der Waals surface area contributed by atoms with Crippen LogP contribution in [0.15, 0.2) is 28.7 Å². The van der Waals surface area contributed by atoms with E-state index in [0.717, 1.165) is 49.3 Å². The van der Waals surface area contributed by atoms with Gasteiger partial charge in [-0.15, -0.1) is 0 Å². The molecule has 0 aliphatic carbocycles. The standard InChI is InChI=1S/C16H21N3O2/c1-12-13-4-2-3-5-14(13)21-15(12)16(20)18-8-11-19-9-6-17-7-10-19/h2-5,17H,6-11H2,1H3,(H,18,20). The highest BCUT2D eigenvalue weighted by atomic mass is 16.3. The fourth-order valence-corrected chi connectivity index (χ4v) is 2.73. The Morgan fingerprint density at radius 3 is 2.86 bits per heavy atom. The van der Waals surface area contributed by atoms with Crippen LogP contribution in [0.2, 0.25) is 0 Å². The summed E-state index contributed by atoms with van der Waals surface area (Å²) in [7, 11) is 0. The number of piperazine rings is 1. The fourth-order valence-electron chi connectivity index (χ4n) is 2.73. The van der Waals surface area contributed by atoms with E-state index in [1.165, 1.54) is 0 Å². The number of carbonyl (C=O) groups is 1. The molecule has 2 N–H and O–H groups in total. The number of amides is 1. The van der Waals surface area contributed by atoms with Crippen molar-refractivity contribution < 1.29 is 9.21 Å². The summed E-state index contributed by atoms with van der Waals surface area (Å²) in [6.45, 7) is 7.59. The summed E-state index contributed by atoms with van der Waals surface area (Å²) >= 11 is 0. The molecule has 1 aromatic carbocycles. The van der Waals surface area contributed by atoms with Gasteiger partial charge in [0.05, 0.1) is 0 Å². The van der Waals surface area contributed by atoms with Crippen LogP contribution in [0.5, 0.6) is 0 Å². The van der Waals surface area contributed by atoms with Crippen molar-refractivity contribution in [2.24, 2.45) is 0 Å². The van der Waals surface area contributed by atoms with Gasteiger partial charge in [0, 0.05) is 50.2 Å². The van der Waals surface area contributed by atoms with Crippen LogP contribution in [0, 0.1) is 6.92 Å². The number of nitrogens with zero attached hydrogens (tertiary/aromatic N) is 1. The second-order valence-corrected chi connectivity index (χ2v) is 5.40. The van der Waals surface area contributed by atoms with Crippen molar-refractivity contribution in [3.8, 4) is 0 Å². The van der Waals surface area contributed by atoms with Gasteiger partial charge < -0.3 is 15.1 Å². The summed E-state index contributed by atoms with van der Waals surface area (Å²) < 4.78 is 5.67. The van der Waals surface area contributed by atoms with Crippen LogP contribution in [0.3, 0.4) is 0 Å².